The van der Waals surface area contributed by atoms with E-state index in [0.29, 0.717) is 43.4 Å². The van der Waals surface area contributed by atoms with Gasteiger partial charge in [-0.1, -0.05) is 12.1 Å². The topological polar surface area (TPSA) is 54.9 Å². The first kappa shape index (κ1) is 19.1. The van der Waals surface area contributed by atoms with E-state index in [1.54, 1.807) is 20.0 Å². The third kappa shape index (κ3) is 4.95. The zero-order chi connectivity index (χ0) is 19.2. The average Bonchev–Trinajstić information content (AvgIpc) is 2.67. The van der Waals surface area contributed by atoms with Crippen molar-refractivity contribution >= 4 is 5.96 Å². The molecule has 0 radical (unpaired) electrons. The van der Waals surface area contributed by atoms with Gasteiger partial charge < -0.3 is 20.1 Å². The van der Waals surface area contributed by atoms with Crippen LogP contribution in [0.1, 0.15) is 22.3 Å². The number of hydrogen-bond acceptors (Lipinski definition) is 3. The van der Waals surface area contributed by atoms with Crippen LogP contribution in [0.4, 0.5) is 8.78 Å². The second-order valence-electron chi connectivity index (χ2n) is 6.35. The van der Waals surface area contributed by atoms with Crippen LogP contribution >= 0.6 is 0 Å². The maximum atomic E-state index is 13.8. The fraction of sp³-hybridized carbons (Fsp3) is 0.350. The van der Waals surface area contributed by atoms with Gasteiger partial charge in [0.05, 0.1) is 6.61 Å². The molecule has 5 nitrogen and oxygen atoms in total. The Morgan fingerprint density at radius 3 is 2.81 bits per heavy atom. The van der Waals surface area contributed by atoms with E-state index in [9.17, 15) is 8.78 Å². The molecule has 0 spiro atoms. The number of nitrogens with one attached hydrogen (secondary N) is 2. The van der Waals surface area contributed by atoms with Crippen LogP contribution in [0.15, 0.2) is 35.3 Å². The van der Waals surface area contributed by atoms with Crippen LogP contribution in [0.3, 0.4) is 0 Å². The van der Waals surface area contributed by atoms with Crippen molar-refractivity contribution in [2.75, 3.05) is 20.4 Å². The van der Waals surface area contributed by atoms with Gasteiger partial charge in [-0.05, 0) is 48.2 Å². The summed E-state index contributed by atoms with van der Waals surface area (Å²) in [6.07, 6.45) is 0.569. The highest BCUT2D eigenvalue weighted by Crippen LogP contribution is 2.29. The van der Waals surface area contributed by atoms with Gasteiger partial charge >= 0.3 is 0 Å². The van der Waals surface area contributed by atoms with Crippen LogP contribution in [-0.2, 0) is 24.3 Å². The molecule has 7 heteroatoms. The Morgan fingerprint density at radius 1 is 1.19 bits per heavy atom. The summed E-state index contributed by atoms with van der Waals surface area (Å²) in [7, 11) is 1.66. The number of ether oxygens (including phenoxy) is 2. The van der Waals surface area contributed by atoms with E-state index in [1.165, 1.54) is 18.2 Å². The summed E-state index contributed by atoms with van der Waals surface area (Å²) >= 11 is 0. The third-order valence-corrected chi connectivity index (χ3v) is 4.36. The van der Waals surface area contributed by atoms with Crippen molar-refractivity contribution in [3.63, 3.8) is 0 Å². The number of aryl methyl sites for hydroxylation is 1. The first-order valence-corrected chi connectivity index (χ1v) is 8.78. The largest absolute Gasteiger partial charge is 0.467 e. The van der Waals surface area contributed by atoms with E-state index in [4.69, 9.17) is 9.47 Å². The third-order valence-electron chi connectivity index (χ3n) is 4.36. The van der Waals surface area contributed by atoms with Gasteiger partial charge in [0.15, 0.2) is 12.8 Å². The van der Waals surface area contributed by atoms with Gasteiger partial charge in [-0.15, -0.1) is 0 Å². The summed E-state index contributed by atoms with van der Waals surface area (Å²) in [6.45, 7) is 3.25. The van der Waals surface area contributed by atoms with Gasteiger partial charge in [0.25, 0.3) is 0 Å². The number of hydrogen-bond donors (Lipinski definition) is 2. The first-order valence-electron chi connectivity index (χ1n) is 8.78. The number of nitrogens with zero attached hydrogens (tertiary/aromatic N) is 1. The quantitative estimate of drug-likeness (QED) is 0.623. The molecule has 2 aromatic rings. The van der Waals surface area contributed by atoms with Crippen molar-refractivity contribution in [3.05, 3.63) is 64.2 Å². The fourth-order valence-corrected chi connectivity index (χ4v) is 2.91. The van der Waals surface area contributed by atoms with Gasteiger partial charge in [0, 0.05) is 25.7 Å². The molecule has 1 heterocycles. The summed E-state index contributed by atoms with van der Waals surface area (Å²) in [5.41, 5.74) is 2.96. The number of guanidine groups is 1. The molecule has 2 aromatic carbocycles. The predicted molar refractivity (Wildman–Crippen MR) is 99.7 cm³/mol. The minimum atomic E-state index is -0.304. The summed E-state index contributed by atoms with van der Waals surface area (Å²) in [6, 6.07) is 8.05. The molecule has 27 heavy (non-hydrogen) atoms. The number of halogens is 2. The van der Waals surface area contributed by atoms with Crippen LogP contribution in [0.25, 0.3) is 0 Å². The molecule has 144 valence electrons. The lowest BCUT2D eigenvalue weighted by Crippen LogP contribution is -2.38. The zero-order valence-electron chi connectivity index (χ0n) is 15.4. The zero-order valence-corrected chi connectivity index (χ0v) is 15.4. The summed E-state index contributed by atoms with van der Waals surface area (Å²) in [4.78, 5) is 4.15. The van der Waals surface area contributed by atoms with Crippen molar-refractivity contribution < 1.29 is 18.3 Å². The Balaban J connectivity index is 1.54. The second kappa shape index (κ2) is 8.81. The van der Waals surface area contributed by atoms with E-state index in [2.05, 4.69) is 15.6 Å². The molecule has 1 aliphatic rings. The highest BCUT2D eigenvalue weighted by Gasteiger charge is 2.16. The molecule has 0 fully saturated rings. The van der Waals surface area contributed by atoms with Crippen molar-refractivity contribution in [1.82, 2.24) is 10.6 Å². The second-order valence-corrected chi connectivity index (χ2v) is 6.35. The summed E-state index contributed by atoms with van der Waals surface area (Å²) in [5.74, 6) is 0.756. The molecule has 2 N–H and O–H groups in total. The summed E-state index contributed by atoms with van der Waals surface area (Å²) < 4.78 is 38.1. The van der Waals surface area contributed by atoms with Gasteiger partial charge in [-0.2, -0.15) is 0 Å². The van der Waals surface area contributed by atoms with Crippen molar-refractivity contribution in [2.45, 2.75) is 26.5 Å². The molecule has 0 amide bonds. The molecule has 0 saturated heterocycles. The number of fused-ring (bicyclic) bond motifs is 1. The Labute approximate surface area is 157 Å². The molecule has 0 aromatic heterocycles. The Bertz CT molecular complexity index is 840. The fourth-order valence-electron chi connectivity index (χ4n) is 2.91. The first-order chi connectivity index (χ1) is 13.1. The molecule has 0 aliphatic carbocycles. The van der Waals surface area contributed by atoms with E-state index in [1.807, 2.05) is 6.07 Å². The molecule has 3 rings (SSSR count). The van der Waals surface area contributed by atoms with Crippen LogP contribution in [-0.4, -0.2) is 26.3 Å². The van der Waals surface area contributed by atoms with Gasteiger partial charge in [-0.25, -0.2) is 8.78 Å². The Kier molecular flexibility index (Phi) is 6.24. The van der Waals surface area contributed by atoms with Gasteiger partial charge in [-0.3, -0.25) is 4.99 Å². The average molecular weight is 375 g/mol. The molecule has 1 aliphatic heterocycles. The molecule has 0 atom stereocenters. The van der Waals surface area contributed by atoms with E-state index in [0.717, 1.165) is 16.7 Å². The van der Waals surface area contributed by atoms with Crippen LogP contribution in [0.5, 0.6) is 5.75 Å². The van der Waals surface area contributed by atoms with E-state index in [-0.39, 0.29) is 18.4 Å². The van der Waals surface area contributed by atoms with Crippen molar-refractivity contribution in [2.24, 2.45) is 4.99 Å². The standard InChI is InChI=1S/C20H23F2N3O2/c1-13-3-4-14(7-18(13)22)10-25-20(23-2)24-6-5-15-8-17(21)9-16-11-26-12-27-19(15)16/h3-4,7-9H,5-6,10-12H2,1-2H3,(H2,23,24,25). The molecule has 0 unspecified atom stereocenters. The maximum absolute atomic E-state index is 13.8. The van der Waals surface area contributed by atoms with Crippen LogP contribution in [0, 0.1) is 18.6 Å². The smallest absolute Gasteiger partial charge is 0.191 e. The SMILES string of the molecule is CN=C(NCCc1cc(F)cc2c1OCOC2)NCc1ccc(C)c(F)c1. The maximum Gasteiger partial charge on any atom is 0.191 e. The Morgan fingerprint density at radius 2 is 2.04 bits per heavy atom. The number of aliphatic imine (C=N–C) groups is 1. The normalized spacial score (nSPS) is 13.7. The lowest BCUT2D eigenvalue weighted by atomic mass is 10.1. The highest BCUT2D eigenvalue weighted by atomic mass is 19.1. The number of rotatable bonds is 5. The lowest BCUT2D eigenvalue weighted by Gasteiger charge is -2.21. The minimum Gasteiger partial charge on any atom is -0.467 e. The van der Waals surface area contributed by atoms with E-state index >= 15 is 0 Å². The molecular weight excluding hydrogens is 352 g/mol. The van der Waals surface area contributed by atoms with Crippen molar-refractivity contribution in [3.8, 4) is 5.75 Å². The Hall–Kier alpha value is -2.67. The minimum absolute atomic E-state index is 0.176. The van der Waals surface area contributed by atoms with Crippen LogP contribution < -0.4 is 15.4 Å². The van der Waals surface area contributed by atoms with E-state index < -0.39 is 0 Å². The van der Waals surface area contributed by atoms with Gasteiger partial charge in [0.1, 0.15) is 17.4 Å². The van der Waals surface area contributed by atoms with Gasteiger partial charge in [0.2, 0.25) is 0 Å². The highest BCUT2D eigenvalue weighted by molar-refractivity contribution is 5.79. The molecule has 0 saturated carbocycles. The monoisotopic (exact) mass is 375 g/mol. The predicted octanol–water partition coefficient (Wildman–Crippen LogP) is 3.05. The molecular formula is C20H23F2N3O2. The number of benzene rings is 2. The summed E-state index contributed by atoms with van der Waals surface area (Å²) in [5, 5.41) is 6.32. The van der Waals surface area contributed by atoms with Crippen LogP contribution in [0.2, 0.25) is 0 Å². The van der Waals surface area contributed by atoms with Crippen molar-refractivity contribution in [1.29, 1.82) is 0 Å². The lowest BCUT2D eigenvalue weighted by molar-refractivity contribution is -0.0172. The molecule has 0 bridgehead atoms.